The van der Waals surface area contributed by atoms with Crippen molar-refractivity contribution in [3.05, 3.63) is 64.8 Å². The molecule has 0 radical (unpaired) electrons. The predicted molar refractivity (Wildman–Crippen MR) is 124 cm³/mol. The summed E-state index contributed by atoms with van der Waals surface area (Å²) in [6, 6.07) is 15.1. The first-order chi connectivity index (χ1) is 15.2. The number of anilines is 1. The minimum absolute atomic E-state index is 0.0212. The van der Waals surface area contributed by atoms with Gasteiger partial charge in [0.15, 0.2) is 5.54 Å². The van der Waals surface area contributed by atoms with Crippen molar-refractivity contribution in [3.8, 4) is 0 Å². The first-order valence-electron chi connectivity index (χ1n) is 12.0. The maximum atomic E-state index is 14.6. The monoisotopic (exact) mass is 411 g/mol. The molecule has 1 aliphatic carbocycles. The standard InChI is InChI=1S/C27H29N3O/c1-17-16-26(13-5-2-6-14-26)30-23-18(17)9-7-10-21(23)27(25(30)31)24-20(12-15-28-27)19-8-3-4-11-22(19)29-24/h3-4,7-11,17,28-29H,2,5-6,12-16H2,1H3/t17-,27+/m1/s1. The molecular weight excluding hydrogens is 382 g/mol. The number of hydrogen-bond donors (Lipinski definition) is 2. The van der Waals surface area contributed by atoms with E-state index in [1.54, 1.807) is 0 Å². The second-order valence-electron chi connectivity index (χ2n) is 10.2. The van der Waals surface area contributed by atoms with Crippen LogP contribution in [0.3, 0.4) is 0 Å². The summed E-state index contributed by atoms with van der Waals surface area (Å²) < 4.78 is 0. The van der Waals surface area contributed by atoms with Crippen molar-refractivity contribution in [1.29, 1.82) is 0 Å². The Morgan fingerprint density at radius 1 is 1.03 bits per heavy atom. The van der Waals surface area contributed by atoms with E-state index < -0.39 is 5.54 Å². The fourth-order valence-corrected chi connectivity index (χ4v) is 7.41. The van der Waals surface area contributed by atoms with Crippen molar-refractivity contribution in [2.45, 2.75) is 68.9 Å². The Morgan fingerprint density at radius 2 is 1.87 bits per heavy atom. The Balaban J connectivity index is 1.53. The number of fused-ring (bicyclic) bond motifs is 6. The zero-order chi connectivity index (χ0) is 20.8. The van der Waals surface area contributed by atoms with E-state index >= 15 is 0 Å². The molecule has 2 N–H and O–H groups in total. The van der Waals surface area contributed by atoms with E-state index in [1.807, 2.05) is 0 Å². The molecule has 0 bridgehead atoms. The van der Waals surface area contributed by atoms with Crippen LogP contribution in [-0.4, -0.2) is 23.0 Å². The maximum absolute atomic E-state index is 14.6. The molecule has 1 aromatic heterocycles. The Labute approximate surface area is 183 Å². The number of nitrogens with zero attached hydrogens (tertiary/aromatic N) is 1. The molecule has 4 heteroatoms. The van der Waals surface area contributed by atoms with Crippen molar-refractivity contribution in [3.63, 3.8) is 0 Å². The fourth-order valence-electron chi connectivity index (χ4n) is 7.41. The van der Waals surface area contributed by atoms with Crippen LogP contribution in [0.4, 0.5) is 5.69 Å². The van der Waals surface area contributed by atoms with E-state index in [2.05, 4.69) is 64.6 Å². The van der Waals surface area contributed by atoms with Gasteiger partial charge in [-0.2, -0.15) is 0 Å². The summed E-state index contributed by atoms with van der Waals surface area (Å²) in [6.45, 7) is 3.18. The lowest BCUT2D eigenvalue weighted by atomic mass is 9.70. The Kier molecular flexibility index (Phi) is 3.49. The second kappa shape index (κ2) is 6.01. The number of rotatable bonds is 0. The van der Waals surface area contributed by atoms with Crippen molar-refractivity contribution in [1.82, 2.24) is 10.3 Å². The van der Waals surface area contributed by atoms with Crippen molar-refractivity contribution >= 4 is 22.5 Å². The van der Waals surface area contributed by atoms with Crippen LogP contribution in [0.5, 0.6) is 0 Å². The number of para-hydroxylation sites is 2. The molecule has 2 atom stereocenters. The van der Waals surface area contributed by atoms with Gasteiger partial charge in [0.1, 0.15) is 0 Å². The van der Waals surface area contributed by atoms with E-state index in [1.165, 1.54) is 47.0 Å². The molecule has 2 aromatic carbocycles. The number of amides is 1. The number of benzene rings is 2. The predicted octanol–water partition coefficient (Wildman–Crippen LogP) is 5.11. The van der Waals surface area contributed by atoms with E-state index in [4.69, 9.17) is 0 Å². The molecule has 0 unspecified atom stereocenters. The Morgan fingerprint density at radius 3 is 2.74 bits per heavy atom. The molecule has 3 aliphatic heterocycles. The van der Waals surface area contributed by atoms with Gasteiger partial charge in [0, 0.05) is 28.6 Å². The number of nitrogens with one attached hydrogen (secondary N) is 2. The van der Waals surface area contributed by atoms with Crippen LogP contribution in [0.15, 0.2) is 42.5 Å². The van der Waals surface area contributed by atoms with Crippen LogP contribution in [0, 0.1) is 0 Å². The van der Waals surface area contributed by atoms with Crippen LogP contribution < -0.4 is 10.2 Å². The minimum atomic E-state index is -0.785. The molecular formula is C27H29N3O. The highest BCUT2D eigenvalue weighted by Crippen LogP contribution is 2.58. The highest BCUT2D eigenvalue weighted by Gasteiger charge is 2.62. The van der Waals surface area contributed by atoms with Gasteiger partial charge in [-0.25, -0.2) is 0 Å². The van der Waals surface area contributed by atoms with E-state index in [0.717, 1.165) is 43.4 Å². The summed E-state index contributed by atoms with van der Waals surface area (Å²) in [5.74, 6) is 0.731. The highest BCUT2D eigenvalue weighted by molar-refractivity contribution is 6.13. The quantitative estimate of drug-likeness (QED) is 0.540. The summed E-state index contributed by atoms with van der Waals surface area (Å²) in [6.07, 6.45) is 8.05. The molecule has 4 aliphatic rings. The van der Waals surface area contributed by atoms with Gasteiger partial charge in [-0.3, -0.25) is 10.1 Å². The fraction of sp³-hybridized carbons (Fsp3) is 0.444. The summed E-state index contributed by atoms with van der Waals surface area (Å²) in [4.78, 5) is 20.6. The van der Waals surface area contributed by atoms with Gasteiger partial charge >= 0.3 is 0 Å². The lowest BCUT2D eigenvalue weighted by Crippen LogP contribution is -2.61. The molecule has 0 saturated heterocycles. The number of carbonyl (C=O) groups excluding carboxylic acids is 1. The zero-order valence-corrected chi connectivity index (χ0v) is 18.1. The lowest BCUT2D eigenvalue weighted by Gasteiger charge is -2.50. The second-order valence-corrected chi connectivity index (χ2v) is 10.2. The first kappa shape index (κ1) is 18.0. The van der Waals surface area contributed by atoms with Gasteiger partial charge in [0.25, 0.3) is 5.91 Å². The topological polar surface area (TPSA) is 48.1 Å². The molecule has 31 heavy (non-hydrogen) atoms. The van der Waals surface area contributed by atoms with Gasteiger partial charge in [-0.1, -0.05) is 62.6 Å². The van der Waals surface area contributed by atoms with Gasteiger partial charge in [0.2, 0.25) is 0 Å². The number of carbonyl (C=O) groups is 1. The number of H-pyrrole nitrogens is 1. The third-order valence-corrected chi connectivity index (χ3v) is 8.65. The summed E-state index contributed by atoms with van der Waals surface area (Å²) in [7, 11) is 0. The smallest absolute Gasteiger partial charge is 0.258 e. The first-order valence-corrected chi connectivity index (χ1v) is 12.0. The van der Waals surface area contributed by atoms with Gasteiger partial charge < -0.3 is 9.88 Å². The third kappa shape index (κ3) is 2.07. The minimum Gasteiger partial charge on any atom is -0.356 e. The Bertz CT molecular complexity index is 1230. The maximum Gasteiger partial charge on any atom is 0.258 e. The van der Waals surface area contributed by atoms with Crippen LogP contribution in [0.1, 0.15) is 73.8 Å². The normalized spacial score (nSPS) is 28.4. The van der Waals surface area contributed by atoms with E-state index in [-0.39, 0.29) is 11.4 Å². The van der Waals surface area contributed by atoms with Crippen LogP contribution in [0.25, 0.3) is 10.9 Å². The number of aromatic amines is 1. The molecule has 3 aromatic rings. The zero-order valence-electron chi connectivity index (χ0n) is 18.1. The largest absolute Gasteiger partial charge is 0.356 e. The molecule has 1 fully saturated rings. The molecule has 4 heterocycles. The summed E-state index contributed by atoms with van der Waals surface area (Å²) in [5, 5.41) is 5.01. The van der Waals surface area contributed by atoms with Crippen molar-refractivity contribution in [2.75, 3.05) is 11.4 Å². The number of aromatic nitrogens is 1. The SMILES string of the molecule is C[C@@H]1CC2(CCCCC2)N2C(=O)[C@]3(NCCc4c3[nH]c3ccccc43)c3cccc1c32. The molecule has 158 valence electrons. The van der Waals surface area contributed by atoms with Crippen LogP contribution in [-0.2, 0) is 16.8 Å². The lowest BCUT2D eigenvalue weighted by molar-refractivity contribution is -0.124. The number of hydrogen-bond acceptors (Lipinski definition) is 2. The highest BCUT2D eigenvalue weighted by atomic mass is 16.2. The van der Waals surface area contributed by atoms with E-state index in [9.17, 15) is 4.79 Å². The van der Waals surface area contributed by atoms with E-state index in [0.29, 0.717) is 5.92 Å². The molecule has 2 spiro atoms. The van der Waals surface area contributed by atoms with Crippen LogP contribution >= 0.6 is 0 Å². The van der Waals surface area contributed by atoms with Crippen molar-refractivity contribution < 1.29 is 4.79 Å². The molecule has 1 amide bonds. The molecule has 4 nitrogen and oxygen atoms in total. The average Bonchev–Trinajstić information content (AvgIpc) is 3.29. The van der Waals surface area contributed by atoms with Gasteiger partial charge in [-0.15, -0.1) is 0 Å². The summed E-state index contributed by atoms with van der Waals surface area (Å²) >= 11 is 0. The Hall–Kier alpha value is -2.59. The van der Waals surface area contributed by atoms with Gasteiger partial charge in [0.05, 0.1) is 11.4 Å². The van der Waals surface area contributed by atoms with Crippen molar-refractivity contribution in [2.24, 2.45) is 0 Å². The summed E-state index contributed by atoms with van der Waals surface area (Å²) in [5.41, 5.74) is 6.45. The third-order valence-electron chi connectivity index (χ3n) is 8.65. The molecule has 7 rings (SSSR count). The average molecular weight is 412 g/mol. The van der Waals surface area contributed by atoms with Crippen LogP contribution in [0.2, 0.25) is 0 Å². The molecule has 1 saturated carbocycles. The van der Waals surface area contributed by atoms with Gasteiger partial charge in [-0.05, 0) is 48.8 Å².